The van der Waals surface area contributed by atoms with Crippen molar-refractivity contribution in [2.75, 3.05) is 0 Å². The molecule has 4 nitrogen and oxygen atoms in total. The van der Waals surface area contributed by atoms with Crippen LogP contribution in [0.1, 0.15) is 23.2 Å². The predicted octanol–water partition coefficient (Wildman–Crippen LogP) is 3.32. The summed E-state index contributed by atoms with van der Waals surface area (Å²) in [5, 5.41) is 0.967. The minimum atomic E-state index is -0.124. The Labute approximate surface area is 132 Å². The topological polar surface area (TPSA) is 62.8 Å². The zero-order chi connectivity index (χ0) is 16.0. The van der Waals surface area contributed by atoms with Gasteiger partial charge in [-0.2, -0.15) is 0 Å². The summed E-state index contributed by atoms with van der Waals surface area (Å²) in [6.07, 6.45) is 3.21. The van der Waals surface area contributed by atoms with E-state index in [1.165, 1.54) is 0 Å². The maximum atomic E-state index is 12.6. The highest BCUT2D eigenvalue weighted by atomic mass is 16.2. The van der Waals surface area contributed by atoms with E-state index in [0.717, 1.165) is 27.7 Å². The van der Waals surface area contributed by atoms with E-state index in [9.17, 15) is 9.59 Å². The second-order valence-corrected chi connectivity index (χ2v) is 5.68. The Balaban J connectivity index is 2.07. The van der Waals surface area contributed by atoms with E-state index in [1.807, 2.05) is 31.2 Å². The normalized spacial score (nSPS) is 15.0. The number of ketones is 2. The van der Waals surface area contributed by atoms with Gasteiger partial charge in [-0.05, 0) is 30.7 Å². The number of rotatable bonds is 2. The number of aromatic nitrogens is 2. The summed E-state index contributed by atoms with van der Waals surface area (Å²) in [4.78, 5) is 32.3. The highest BCUT2D eigenvalue weighted by molar-refractivity contribution is 6.51. The molecule has 1 N–H and O–H groups in total. The number of aryl methyl sites for hydroxylation is 1. The van der Waals surface area contributed by atoms with E-state index in [-0.39, 0.29) is 18.0 Å². The summed E-state index contributed by atoms with van der Waals surface area (Å²) in [7, 11) is 0. The van der Waals surface area contributed by atoms with Crippen molar-refractivity contribution in [1.82, 2.24) is 9.97 Å². The van der Waals surface area contributed by atoms with Crippen molar-refractivity contribution in [2.24, 2.45) is 0 Å². The molecule has 4 heteroatoms. The number of carbonyl (C=O) groups is 2. The van der Waals surface area contributed by atoms with Crippen LogP contribution in [-0.2, 0) is 9.59 Å². The molecule has 0 atom stereocenters. The zero-order valence-electron chi connectivity index (χ0n) is 12.6. The smallest absolute Gasteiger partial charge is 0.172 e. The average molecular weight is 302 g/mol. The van der Waals surface area contributed by atoms with Crippen LogP contribution in [0.4, 0.5) is 0 Å². The first-order chi connectivity index (χ1) is 11.2. The molecule has 0 unspecified atom stereocenters. The Kier molecular flexibility index (Phi) is 2.98. The van der Waals surface area contributed by atoms with Gasteiger partial charge in [-0.15, -0.1) is 0 Å². The fourth-order valence-electron chi connectivity index (χ4n) is 3.29. The van der Waals surface area contributed by atoms with Crippen molar-refractivity contribution in [3.05, 3.63) is 65.6 Å². The van der Waals surface area contributed by atoms with Crippen molar-refractivity contribution in [1.29, 1.82) is 0 Å². The van der Waals surface area contributed by atoms with Crippen LogP contribution in [0, 0.1) is 6.92 Å². The van der Waals surface area contributed by atoms with Gasteiger partial charge in [0, 0.05) is 45.7 Å². The molecule has 1 aromatic carbocycles. The van der Waals surface area contributed by atoms with Crippen molar-refractivity contribution < 1.29 is 9.59 Å². The molecule has 23 heavy (non-hydrogen) atoms. The van der Waals surface area contributed by atoms with Gasteiger partial charge in [0.1, 0.15) is 0 Å². The van der Waals surface area contributed by atoms with Gasteiger partial charge in [0.25, 0.3) is 0 Å². The molecule has 112 valence electrons. The molecular weight excluding hydrogens is 288 g/mol. The lowest BCUT2D eigenvalue weighted by Gasteiger charge is -2.06. The van der Waals surface area contributed by atoms with Gasteiger partial charge in [-0.3, -0.25) is 14.6 Å². The maximum Gasteiger partial charge on any atom is 0.172 e. The molecule has 0 spiro atoms. The molecule has 0 amide bonds. The molecule has 2 aromatic heterocycles. The molecule has 0 bridgehead atoms. The minimum Gasteiger partial charge on any atom is -0.358 e. The van der Waals surface area contributed by atoms with Crippen molar-refractivity contribution >= 4 is 33.6 Å². The van der Waals surface area contributed by atoms with E-state index in [2.05, 4.69) is 9.97 Å². The minimum absolute atomic E-state index is 0.0636. The predicted molar refractivity (Wildman–Crippen MR) is 88.7 cm³/mol. The van der Waals surface area contributed by atoms with E-state index in [1.54, 1.807) is 24.5 Å². The van der Waals surface area contributed by atoms with Crippen LogP contribution in [0.5, 0.6) is 0 Å². The number of hydrogen-bond acceptors (Lipinski definition) is 3. The standard InChI is InChI=1S/C19H14N2O2/c1-11-17(13-4-2-3-5-14(13)21-11)19-16(23)10-15(22)18(19)12-6-8-20-9-7-12/h2-9,21H,10H2,1H3. The van der Waals surface area contributed by atoms with E-state index < -0.39 is 0 Å². The van der Waals surface area contributed by atoms with Gasteiger partial charge in [-0.25, -0.2) is 0 Å². The molecule has 0 fully saturated rings. The SMILES string of the molecule is Cc1[nH]c2ccccc2c1C1=C(c2ccncc2)C(=O)CC1=O. The summed E-state index contributed by atoms with van der Waals surface area (Å²) in [5.74, 6) is -0.240. The van der Waals surface area contributed by atoms with Gasteiger partial charge in [0.2, 0.25) is 0 Å². The number of para-hydroxylation sites is 1. The van der Waals surface area contributed by atoms with Crippen LogP contribution in [0.15, 0.2) is 48.8 Å². The maximum absolute atomic E-state index is 12.6. The molecule has 0 saturated heterocycles. The summed E-state index contributed by atoms with van der Waals surface area (Å²) >= 11 is 0. The fraction of sp³-hybridized carbons (Fsp3) is 0.105. The van der Waals surface area contributed by atoms with Crippen molar-refractivity contribution in [3.8, 4) is 0 Å². The second kappa shape index (κ2) is 5.02. The third kappa shape index (κ3) is 2.03. The molecule has 0 saturated carbocycles. The van der Waals surface area contributed by atoms with Crippen LogP contribution in [-0.4, -0.2) is 21.5 Å². The lowest BCUT2D eigenvalue weighted by atomic mass is 9.95. The summed E-state index contributed by atoms with van der Waals surface area (Å²) in [6, 6.07) is 11.4. The molecular formula is C19H14N2O2. The summed E-state index contributed by atoms with van der Waals surface area (Å²) < 4.78 is 0. The lowest BCUT2D eigenvalue weighted by Crippen LogP contribution is -1.97. The Morgan fingerprint density at radius 1 is 0.957 bits per heavy atom. The molecule has 3 aromatic rings. The first-order valence-electron chi connectivity index (χ1n) is 7.45. The van der Waals surface area contributed by atoms with Gasteiger partial charge in [0.05, 0.1) is 6.42 Å². The van der Waals surface area contributed by atoms with Gasteiger partial charge in [0.15, 0.2) is 11.6 Å². The average Bonchev–Trinajstić information content (AvgIpc) is 3.03. The molecule has 0 aliphatic heterocycles. The fourth-order valence-corrected chi connectivity index (χ4v) is 3.29. The van der Waals surface area contributed by atoms with Crippen LogP contribution in [0.3, 0.4) is 0 Å². The Hall–Kier alpha value is -3.01. The third-order valence-corrected chi connectivity index (χ3v) is 4.24. The van der Waals surface area contributed by atoms with E-state index >= 15 is 0 Å². The molecule has 2 heterocycles. The first kappa shape index (κ1) is 13.6. The number of carbonyl (C=O) groups excluding carboxylic acids is 2. The van der Waals surface area contributed by atoms with Gasteiger partial charge < -0.3 is 4.98 Å². The molecule has 1 aliphatic carbocycles. The zero-order valence-corrected chi connectivity index (χ0v) is 12.6. The second-order valence-electron chi connectivity index (χ2n) is 5.68. The number of pyridine rings is 1. The number of aromatic amines is 1. The van der Waals surface area contributed by atoms with Crippen LogP contribution in [0.2, 0.25) is 0 Å². The quantitative estimate of drug-likeness (QED) is 0.739. The number of benzene rings is 1. The largest absolute Gasteiger partial charge is 0.358 e. The van der Waals surface area contributed by atoms with Gasteiger partial charge >= 0.3 is 0 Å². The third-order valence-electron chi connectivity index (χ3n) is 4.24. The monoisotopic (exact) mass is 302 g/mol. The van der Waals surface area contributed by atoms with Crippen LogP contribution >= 0.6 is 0 Å². The number of hydrogen-bond donors (Lipinski definition) is 1. The molecule has 0 radical (unpaired) electrons. The summed E-state index contributed by atoms with van der Waals surface area (Å²) in [6.45, 7) is 1.93. The van der Waals surface area contributed by atoms with Crippen molar-refractivity contribution in [2.45, 2.75) is 13.3 Å². The first-order valence-corrected chi connectivity index (χ1v) is 7.45. The number of allylic oxidation sites excluding steroid dienone is 2. The Bertz CT molecular complexity index is 981. The van der Waals surface area contributed by atoms with E-state index in [4.69, 9.17) is 0 Å². The highest BCUT2D eigenvalue weighted by Crippen LogP contribution is 2.39. The van der Waals surface area contributed by atoms with Gasteiger partial charge in [-0.1, -0.05) is 18.2 Å². The van der Waals surface area contributed by atoms with Crippen LogP contribution in [0.25, 0.3) is 22.0 Å². The number of nitrogens with zero attached hydrogens (tertiary/aromatic N) is 1. The Morgan fingerprint density at radius 3 is 2.43 bits per heavy atom. The van der Waals surface area contributed by atoms with Crippen LogP contribution < -0.4 is 0 Å². The number of fused-ring (bicyclic) bond motifs is 1. The molecule has 1 aliphatic rings. The Morgan fingerprint density at radius 2 is 1.65 bits per heavy atom. The van der Waals surface area contributed by atoms with Crippen molar-refractivity contribution in [3.63, 3.8) is 0 Å². The van der Waals surface area contributed by atoms with E-state index in [0.29, 0.717) is 11.1 Å². The number of nitrogens with one attached hydrogen (secondary N) is 1. The highest BCUT2D eigenvalue weighted by Gasteiger charge is 2.34. The lowest BCUT2D eigenvalue weighted by molar-refractivity contribution is -0.119. The molecule has 4 rings (SSSR count). The summed E-state index contributed by atoms with van der Waals surface area (Å²) in [5.41, 5.74) is 4.48. The number of Topliss-reactive ketones (excluding diaryl/α,β-unsaturated/α-hetero) is 2. The number of H-pyrrole nitrogens is 1.